The summed E-state index contributed by atoms with van der Waals surface area (Å²) in [7, 11) is 0. The Morgan fingerprint density at radius 1 is 0.944 bits per heavy atom. The summed E-state index contributed by atoms with van der Waals surface area (Å²) in [5, 5.41) is 8.88. The Labute approximate surface area is 108 Å². The second-order valence-electron chi connectivity index (χ2n) is 4.78. The molecule has 0 spiro atoms. The molecule has 0 aliphatic carbocycles. The van der Waals surface area contributed by atoms with E-state index in [1.54, 1.807) is 6.20 Å². The summed E-state index contributed by atoms with van der Waals surface area (Å²) in [6.45, 7) is 8.31. The molecule has 1 aromatic carbocycles. The lowest BCUT2D eigenvalue weighted by molar-refractivity contribution is 1.22. The highest BCUT2D eigenvalue weighted by Crippen LogP contribution is 2.29. The molecular weight excluding hydrogens is 220 g/mol. The third kappa shape index (κ3) is 2.12. The number of benzene rings is 1. The van der Waals surface area contributed by atoms with Gasteiger partial charge in [-0.05, 0) is 50.5 Å². The number of nitrogens with zero attached hydrogens (tertiary/aromatic N) is 2. The van der Waals surface area contributed by atoms with Crippen LogP contribution in [0.5, 0.6) is 0 Å². The summed E-state index contributed by atoms with van der Waals surface area (Å²) in [4.78, 5) is 4.45. The van der Waals surface area contributed by atoms with E-state index in [-0.39, 0.29) is 0 Å². The predicted molar refractivity (Wildman–Crippen MR) is 73.3 cm³/mol. The summed E-state index contributed by atoms with van der Waals surface area (Å²) in [6.07, 6.45) is 1.64. The molecule has 2 aromatic rings. The average molecular weight is 236 g/mol. The van der Waals surface area contributed by atoms with Gasteiger partial charge in [0.05, 0.1) is 11.3 Å². The summed E-state index contributed by atoms with van der Waals surface area (Å²) >= 11 is 0. The number of nitriles is 1. The molecule has 90 valence electrons. The van der Waals surface area contributed by atoms with Crippen LogP contribution >= 0.6 is 0 Å². The molecule has 0 unspecified atom stereocenters. The molecule has 0 saturated carbocycles. The maximum Gasteiger partial charge on any atom is 0.101 e. The number of pyridine rings is 1. The molecule has 1 aromatic heterocycles. The van der Waals surface area contributed by atoms with Crippen molar-refractivity contribution in [2.45, 2.75) is 27.7 Å². The highest BCUT2D eigenvalue weighted by molar-refractivity contribution is 5.71. The van der Waals surface area contributed by atoms with E-state index in [2.05, 4.69) is 44.0 Å². The van der Waals surface area contributed by atoms with Crippen LogP contribution in [-0.2, 0) is 0 Å². The first-order valence-corrected chi connectivity index (χ1v) is 5.98. The van der Waals surface area contributed by atoms with Gasteiger partial charge in [0.15, 0.2) is 0 Å². The molecule has 2 rings (SSSR count). The van der Waals surface area contributed by atoms with Gasteiger partial charge >= 0.3 is 0 Å². The SMILES string of the molecule is Cc1cc(C)c(-c2ncc(C#N)cc2C)c(C)c1. The van der Waals surface area contributed by atoms with Crippen LogP contribution in [0.2, 0.25) is 0 Å². The Morgan fingerprint density at radius 3 is 2.06 bits per heavy atom. The third-order valence-electron chi connectivity index (χ3n) is 3.12. The monoisotopic (exact) mass is 236 g/mol. The topological polar surface area (TPSA) is 36.7 Å². The first-order valence-electron chi connectivity index (χ1n) is 5.98. The third-order valence-corrected chi connectivity index (χ3v) is 3.12. The zero-order chi connectivity index (χ0) is 13.3. The molecule has 2 heteroatoms. The average Bonchev–Trinajstić information content (AvgIpc) is 2.29. The Bertz CT molecular complexity index is 626. The Morgan fingerprint density at radius 2 is 1.56 bits per heavy atom. The fourth-order valence-corrected chi connectivity index (χ4v) is 2.45. The standard InChI is InChI=1S/C16H16N2/c1-10-5-11(2)15(12(3)6-10)16-13(4)7-14(8-17)9-18-16/h5-7,9H,1-4H3. The summed E-state index contributed by atoms with van der Waals surface area (Å²) < 4.78 is 0. The highest BCUT2D eigenvalue weighted by Gasteiger charge is 2.11. The van der Waals surface area contributed by atoms with E-state index >= 15 is 0 Å². The van der Waals surface area contributed by atoms with Gasteiger partial charge in [-0.3, -0.25) is 4.98 Å². The fourth-order valence-electron chi connectivity index (χ4n) is 2.45. The van der Waals surface area contributed by atoms with Crippen LogP contribution in [0.4, 0.5) is 0 Å². The molecule has 0 radical (unpaired) electrons. The van der Waals surface area contributed by atoms with Gasteiger partial charge in [-0.25, -0.2) is 0 Å². The van der Waals surface area contributed by atoms with E-state index < -0.39 is 0 Å². The van der Waals surface area contributed by atoms with Crippen LogP contribution in [-0.4, -0.2) is 4.98 Å². The van der Waals surface area contributed by atoms with E-state index in [0.717, 1.165) is 11.3 Å². The molecule has 2 nitrogen and oxygen atoms in total. The maximum atomic E-state index is 8.88. The maximum absolute atomic E-state index is 8.88. The van der Waals surface area contributed by atoms with Gasteiger partial charge < -0.3 is 0 Å². The van der Waals surface area contributed by atoms with Gasteiger partial charge in [0.2, 0.25) is 0 Å². The summed E-state index contributed by atoms with van der Waals surface area (Å²) in [5.41, 5.74) is 7.54. The van der Waals surface area contributed by atoms with Gasteiger partial charge in [-0.1, -0.05) is 17.7 Å². The Hall–Kier alpha value is -2.14. The van der Waals surface area contributed by atoms with Crippen LogP contribution in [0.1, 0.15) is 27.8 Å². The van der Waals surface area contributed by atoms with Crippen molar-refractivity contribution >= 4 is 0 Å². The minimum Gasteiger partial charge on any atom is -0.255 e. The van der Waals surface area contributed by atoms with E-state index in [1.807, 2.05) is 13.0 Å². The van der Waals surface area contributed by atoms with E-state index in [0.29, 0.717) is 5.56 Å². The van der Waals surface area contributed by atoms with Crippen molar-refractivity contribution in [3.63, 3.8) is 0 Å². The lowest BCUT2D eigenvalue weighted by Gasteiger charge is -2.13. The van der Waals surface area contributed by atoms with Crippen molar-refractivity contribution in [3.8, 4) is 17.3 Å². The number of rotatable bonds is 1. The van der Waals surface area contributed by atoms with Crippen molar-refractivity contribution in [2.24, 2.45) is 0 Å². The number of aryl methyl sites for hydroxylation is 4. The molecule has 0 aliphatic rings. The molecule has 0 bridgehead atoms. The van der Waals surface area contributed by atoms with Crippen molar-refractivity contribution in [1.82, 2.24) is 4.98 Å². The molecule has 0 atom stereocenters. The van der Waals surface area contributed by atoms with Crippen molar-refractivity contribution < 1.29 is 0 Å². The van der Waals surface area contributed by atoms with Crippen LogP contribution < -0.4 is 0 Å². The lowest BCUT2D eigenvalue weighted by atomic mass is 9.94. The molecule has 18 heavy (non-hydrogen) atoms. The van der Waals surface area contributed by atoms with Gasteiger partial charge in [0.25, 0.3) is 0 Å². The molecule has 0 N–H and O–H groups in total. The molecule has 0 saturated heterocycles. The van der Waals surface area contributed by atoms with Crippen molar-refractivity contribution in [2.75, 3.05) is 0 Å². The lowest BCUT2D eigenvalue weighted by Crippen LogP contribution is -1.96. The first kappa shape index (κ1) is 12.3. The molecule has 0 fully saturated rings. The smallest absolute Gasteiger partial charge is 0.101 e. The first-order chi connectivity index (χ1) is 8.52. The quantitative estimate of drug-likeness (QED) is 0.754. The number of aromatic nitrogens is 1. The van der Waals surface area contributed by atoms with E-state index in [9.17, 15) is 0 Å². The van der Waals surface area contributed by atoms with E-state index in [4.69, 9.17) is 5.26 Å². The van der Waals surface area contributed by atoms with Gasteiger partial charge in [0.1, 0.15) is 6.07 Å². The Kier molecular flexibility index (Phi) is 3.16. The zero-order valence-corrected chi connectivity index (χ0v) is 11.2. The molecule has 1 heterocycles. The minimum atomic E-state index is 0.610. The number of hydrogen-bond acceptors (Lipinski definition) is 2. The predicted octanol–water partition coefficient (Wildman–Crippen LogP) is 3.85. The summed E-state index contributed by atoms with van der Waals surface area (Å²) in [6, 6.07) is 8.35. The van der Waals surface area contributed by atoms with Gasteiger partial charge in [-0.2, -0.15) is 5.26 Å². The van der Waals surface area contributed by atoms with Crippen LogP contribution in [0.3, 0.4) is 0 Å². The van der Waals surface area contributed by atoms with E-state index in [1.165, 1.54) is 22.3 Å². The van der Waals surface area contributed by atoms with Crippen LogP contribution in [0.25, 0.3) is 11.3 Å². The van der Waals surface area contributed by atoms with Crippen LogP contribution in [0.15, 0.2) is 24.4 Å². The van der Waals surface area contributed by atoms with Gasteiger partial charge in [-0.15, -0.1) is 0 Å². The second kappa shape index (κ2) is 4.62. The molecule has 0 aliphatic heterocycles. The largest absolute Gasteiger partial charge is 0.255 e. The number of hydrogen-bond donors (Lipinski definition) is 0. The summed E-state index contributed by atoms with van der Waals surface area (Å²) in [5.74, 6) is 0. The zero-order valence-electron chi connectivity index (χ0n) is 11.2. The Balaban J connectivity index is 2.67. The van der Waals surface area contributed by atoms with Gasteiger partial charge in [0, 0.05) is 11.8 Å². The molecule has 0 amide bonds. The minimum absolute atomic E-state index is 0.610. The normalized spacial score (nSPS) is 10.2. The molecular formula is C16H16N2. The second-order valence-corrected chi connectivity index (χ2v) is 4.78. The van der Waals surface area contributed by atoms with Crippen molar-refractivity contribution in [3.05, 3.63) is 52.2 Å². The van der Waals surface area contributed by atoms with Crippen LogP contribution in [0, 0.1) is 39.0 Å². The highest BCUT2D eigenvalue weighted by atomic mass is 14.7. The fraction of sp³-hybridized carbons (Fsp3) is 0.250. The van der Waals surface area contributed by atoms with Crippen molar-refractivity contribution in [1.29, 1.82) is 5.26 Å².